The summed E-state index contributed by atoms with van der Waals surface area (Å²) in [5.74, 6) is -0.0541. The van der Waals surface area contributed by atoms with Crippen LogP contribution in [0, 0.1) is 10.1 Å². The number of nitro benzene ring substituents is 1. The molecule has 0 heterocycles. The molecule has 2 N–H and O–H groups in total. The SMILES string of the molecule is COc1ccc(C(=O)Oc2ccc(C=NNC(=O)CCCNC(=O)c3ccc([N+](=O)[O-])cc3)cc2)cc1OC. The molecule has 0 spiro atoms. The Morgan fingerprint density at radius 1 is 0.923 bits per heavy atom. The first-order valence-electron chi connectivity index (χ1n) is 11.7. The fourth-order valence-electron chi connectivity index (χ4n) is 3.27. The molecule has 39 heavy (non-hydrogen) atoms. The van der Waals surface area contributed by atoms with E-state index in [1.807, 2.05) is 0 Å². The Kier molecular flexibility index (Phi) is 10.1. The monoisotopic (exact) mass is 534 g/mol. The van der Waals surface area contributed by atoms with Crippen LogP contribution in [-0.2, 0) is 4.79 Å². The summed E-state index contributed by atoms with van der Waals surface area (Å²) in [6.45, 7) is 0.246. The van der Waals surface area contributed by atoms with E-state index in [-0.39, 0.29) is 36.0 Å². The van der Waals surface area contributed by atoms with E-state index in [1.165, 1.54) is 50.8 Å². The van der Waals surface area contributed by atoms with Crippen molar-refractivity contribution in [1.29, 1.82) is 0 Å². The summed E-state index contributed by atoms with van der Waals surface area (Å²) in [4.78, 5) is 46.6. The summed E-state index contributed by atoms with van der Waals surface area (Å²) in [5, 5.41) is 17.2. The Morgan fingerprint density at radius 2 is 1.59 bits per heavy atom. The number of nitrogens with one attached hydrogen (secondary N) is 2. The summed E-state index contributed by atoms with van der Waals surface area (Å²) >= 11 is 0. The summed E-state index contributed by atoms with van der Waals surface area (Å²) in [7, 11) is 2.98. The van der Waals surface area contributed by atoms with Crippen LogP contribution < -0.4 is 25.0 Å². The van der Waals surface area contributed by atoms with Gasteiger partial charge in [0.2, 0.25) is 5.91 Å². The third-order valence-electron chi connectivity index (χ3n) is 5.32. The zero-order chi connectivity index (χ0) is 28.2. The Balaban J connectivity index is 1.39. The summed E-state index contributed by atoms with van der Waals surface area (Å²) < 4.78 is 15.7. The average Bonchev–Trinajstić information content (AvgIpc) is 2.95. The quantitative estimate of drug-likeness (QED) is 0.0892. The largest absolute Gasteiger partial charge is 0.493 e. The number of esters is 1. The van der Waals surface area contributed by atoms with Crippen molar-refractivity contribution in [2.75, 3.05) is 20.8 Å². The Hall–Kier alpha value is -5.26. The first-order valence-corrected chi connectivity index (χ1v) is 11.7. The van der Waals surface area contributed by atoms with Crippen LogP contribution in [0.5, 0.6) is 17.2 Å². The number of non-ortho nitro benzene ring substituents is 1. The van der Waals surface area contributed by atoms with Crippen LogP contribution in [0.25, 0.3) is 0 Å². The van der Waals surface area contributed by atoms with Gasteiger partial charge in [-0.3, -0.25) is 19.7 Å². The maximum absolute atomic E-state index is 12.4. The van der Waals surface area contributed by atoms with Crippen molar-refractivity contribution in [3.63, 3.8) is 0 Å². The molecule has 12 nitrogen and oxygen atoms in total. The standard InChI is InChI=1S/C27H26N4O8/c1-37-23-14-9-20(16-24(23)38-2)27(34)39-22-12-5-18(6-13-22)17-29-30-25(32)4-3-15-28-26(33)19-7-10-21(11-8-19)31(35)36/h5-14,16-17H,3-4,15H2,1-2H3,(H,28,33)(H,30,32). The molecule has 0 aliphatic heterocycles. The third-order valence-corrected chi connectivity index (χ3v) is 5.32. The molecule has 0 saturated heterocycles. The predicted octanol–water partition coefficient (Wildman–Crippen LogP) is 3.49. The maximum atomic E-state index is 12.4. The minimum Gasteiger partial charge on any atom is -0.493 e. The third kappa shape index (κ3) is 8.39. The zero-order valence-corrected chi connectivity index (χ0v) is 21.2. The summed E-state index contributed by atoms with van der Waals surface area (Å²) in [6.07, 6.45) is 1.94. The van der Waals surface area contributed by atoms with Crippen LogP contribution in [-0.4, -0.2) is 49.7 Å². The number of methoxy groups -OCH3 is 2. The molecule has 3 rings (SSSR count). The number of hydrogen-bond acceptors (Lipinski definition) is 9. The van der Waals surface area contributed by atoms with Crippen LogP contribution >= 0.6 is 0 Å². The van der Waals surface area contributed by atoms with E-state index in [2.05, 4.69) is 15.8 Å². The topological polar surface area (TPSA) is 158 Å². The molecule has 0 bridgehead atoms. The van der Waals surface area contributed by atoms with Crippen molar-refractivity contribution in [3.05, 3.63) is 93.5 Å². The smallest absolute Gasteiger partial charge is 0.343 e. The van der Waals surface area contributed by atoms with Gasteiger partial charge in [-0.05, 0) is 66.6 Å². The molecule has 0 fully saturated rings. The van der Waals surface area contributed by atoms with Crippen molar-refractivity contribution >= 4 is 29.7 Å². The number of amides is 2. The van der Waals surface area contributed by atoms with Gasteiger partial charge in [0.25, 0.3) is 11.6 Å². The normalized spacial score (nSPS) is 10.5. The van der Waals surface area contributed by atoms with E-state index in [0.717, 1.165) is 0 Å². The van der Waals surface area contributed by atoms with Gasteiger partial charge in [-0.1, -0.05) is 0 Å². The van der Waals surface area contributed by atoms with Crippen LogP contribution in [0.2, 0.25) is 0 Å². The summed E-state index contributed by atoms with van der Waals surface area (Å²) in [6, 6.07) is 16.5. The van der Waals surface area contributed by atoms with Crippen molar-refractivity contribution in [1.82, 2.24) is 10.7 Å². The second kappa shape index (κ2) is 13.9. The maximum Gasteiger partial charge on any atom is 0.343 e. The first-order chi connectivity index (χ1) is 18.8. The van der Waals surface area contributed by atoms with E-state index < -0.39 is 10.9 Å². The molecular formula is C27H26N4O8. The van der Waals surface area contributed by atoms with Gasteiger partial charge in [0.1, 0.15) is 5.75 Å². The predicted molar refractivity (Wildman–Crippen MR) is 141 cm³/mol. The van der Waals surface area contributed by atoms with Gasteiger partial charge in [0.15, 0.2) is 11.5 Å². The molecule has 2 amide bonds. The van der Waals surface area contributed by atoms with E-state index in [9.17, 15) is 24.5 Å². The number of nitrogens with zero attached hydrogens (tertiary/aromatic N) is 2. The molecule has 0 aliphatic rings. The highest BCUT2D eigenvalue weighted by Crippen LogP contribution is 2.28. The number of ether oxygens (including phenoxy) is 3. The van der Waals surface area contributed by atoms with Gasteiger partial charge in [-0.15, -0.1) is 0 Å². The molecule has 3 aromatic rings. The highest BCUT2D eigenvalue weighted by Gasteiger charge is 2.13. The molecule has 0 unspecified atom stereocenters. The zero-order valence-electron chi connectivity index (χ0n) is 21.2. The van der Waals surface area contributed by atoms with E-state index >= 15 is 0 Å². The first kappa shape index (κ1) is 28.3. The molecule has 202 valence electrons. The Bertz CT molecular complexity index is 1360. The number of hydrazone groups is 1. The van der Waals surface area contributed by atoms with Gasteiger partial charge >= 0.3 is 5.97 Å². The number of benzene rings is 3. The molecule has 12 heteroatoms. The summed E-state index contributed by atoms with van der Waals surface area (Å²) in [5.41, 5.74) is 3.55. The fraction of sp³-hybridized carbons (Fsp3) is 0.185. The lowest BCUT2D eigenvalue weighted by molar-refractivity contribution is -0.384. The second-order valence-electron chi connectivity index (χ2n) is 7.98. The van der Waals surface area contributed by atoms with Crippen molar-refractivity contribution in [2.24, 2.45) is 5.10 Å². The molecule has 0 atom stereocenters. The van der Waals surface area contributed by atoms with Gasteiger partial charge in [0.05, 0.1) is 30.9 Å². The van der Waals surface area contributed by atoms with Gasteiger partial charge < -0.3 is 19.5 Å². The van der Waals surface area contributed by atoms with Gasteiger partial charge in [-0.2, -0.15) is 5.10 Å². The molecule has 0 aliphatic carbocycles. The van der Waals surface area contributed by atoms with Crippen LogP contribution in [0.15, 0.2) is 71.8 Å². The number of nitro groups is 1. The van der Waals surface area contributed by atoms with Crippen LogP contribution in [0.1, 0.15) is 39.1 Å². The van der Waals surface area contributed by atoms with Gasteiger partial charge in [0, 0.05) is 30.7 Å². The van der Waals surface area contributed by atoms with Crippen LogP contribution in [0.4, 0.5) is 5.69 Å². The van der Waals surface area contributed by atoms with Crippen molar-refractivity contribution in [3.8, 4) is 17.2 Å². The molecule has 3 aromatic carbocycles. The Morgan fingerprint density at radius 3 is 2.23 bits per heavy atom. The minimum atomic E-state index is -0.562. The van der Waals surface area contributed by atoms with E-state index in [4.69, 9.17) is 14.2 Å². The lowest BCUT2D eigenvalue weighted by Gasteiger charge is -2.09. The highest BCUT2D eigenvalue weighted by molar-refractivity contribution is 5.94. The number of hydrogen-bond donors (Lipinski definition) is 2. The average molecular weight is 535 g/mol. The molecule has 0 radical (unpaired) electrons. The Labute approximate surface area is 223 Å². The number of carbonyl (C=O) groups excluding carboxylic acids is 3. The highest BCUT2D eigenvalue weighted by atomic mass is 16.6. The van der Waals surface area contributed by atoms with Crippen LogP contribution in [0.3, 0.4) is 0 Å². The lowest BCUT2D eigenvalue weighted by Crippen LogP contribution is -2.26. The fourth-order valence-corrected chi connectivity index (χ4v) is 3.27. The molecular weight excluding hydrogens is 508 g/mol. The van der Waals surface area contributed by atoms with E-state index in [1.54, 1.807) is 36.4 Å². The second-order valence-corrected chi connectivity index (χ2v) is 7.98. The number of carbonyl (C=O) groups is 3. The number of rotatable bonds is 12. The van der Waals surface area contributed by atoms with Crippen molar-refractivity contribution < 1.29 is 33.5 Å². The molecule has 0 saturated carbocycles. The van der Waals surface area contributed by atoms with Crippen molar-refractivity contribution in [2.45, 2.75) is 12.8 Å². The van der Waals surface area contributed by atoms with E-state index in [0.29, 0.717) is 34.8 Å². The van der Waals surface area contributed by atoms with Gasteiger partial charge in [-0.25, -0.2) is 10.2 Å². The minimum absolute atomic E-state index is 0.103. The molecule has 0 aromatic heterocycles. The lowest BCUT2D eigenvalue weighted by atomic mass is 10.2.